The first kappa shape index (κ1) is 32.1. The second kappa shape index (κ2) is 13.9. The van der Waals surface area contributed by atoms with E-state index in [-0.39, 0.29) is 66.5 Å². The number of amides is 4. The Hall–Kier alpha value is -6.82. The molecule has 6 aromatic rings. The standard InChI is InChI=1S/C31H28N10O8/c32-26(43)17-4-5-23-19(10-17)36-30(38-28(45)21-13-47-15-34-21)40(23)6-1-2-7-41-25-20(37-31(41)39-29(46)22-14-48-16-35-22)11-18(27(33)44)12-24(25)49-9-3-8-42/h1-2,4-5,10-16,42H,3,6-9H2,(H2,32,43)(H2,33,44)(H,36,38,45)(H,37,39,46)/b2-1+. The number of primary amides is 2. The minimum Gasteiger partial charge on any atom is -0.491 e. The van der Waals surface area contributed by atoms with E-state index in [1.54, 1.807) is 33.4 Å². The number of nitrogens with zero attached hydrogens (tertiary/aromatic N) is 6. The largest absolute Gasteiger partial charge is 0.491 e. The van der Waals surface area contributed by atoms with Gasteiger partial charge < -0.3 is 39.3 Å². The topological polar surface area (TPSA) is 262 Å². The zero-order valence-electron chi connectivity index (χ0n) is 25.5. The average Bonchev–Trinajstić information content (AvgIpc) is 3.90. The highest BCUT2D eigenvalue weighted by molar-refractivity contribution is 6.04. The number of imidazole rings is 2. The van der Waals surface area contributed by atoms with Crippen molar-refractivity contribution >= 4 is 57.6 Å². The van der Waals surface area contributed by atoms with Crippen LogP contribution in [0.1, 0.15) is 48.1 Å². The maximum Gasteiger partial charge on any atom is 0.279 e. The van der Waals surface area contributed by atoms with Crippen LogP contribution in [0.15, 0.2) is 76.6 Å². The number of aliphatic hydroxyl groups is 1. The molecule has 0 spiro atoms. The normalized spacial score (nSPS) is 11.4. The van der Waals surface area contributed by atoms with Crippen molar-refractivity contribution in [1.82, 2.24) is 29.1 Å². The fourth-order valence-corrected chi connectivity index (χ4v) is 4.91. The predicted molar refractivity (Wildman–Crippen MR) is 172 cm³/mol. The van der Waals surface area contributed by atoms with E-state index in [9.17, 15) is 24.3 Å². The van der Waals surface area contributed by atoms with E-state index in [1.807, 2.05) is 0 Å². The second-order valence-electron chi connectivity index (χ2n) is 10.4. The monoisotopic (exact) mass is 668 g/mol. The van der Waals surface area contributed by atoms with Crippen LogP contribution < -0.4 is 26.8 Å². The lowest BCUT2D eigenvalue weighted by Gasteiger charge is -2.12. The van der Waals surface area contributed by atoms with Gasteiger partial charge in [0, 0.05) is 37.2 Å². The van der Waals surface area contributed by atoms with Crippen LogP contribution in [0.2, 0.25) is 0 Å². The molecule has 6 rings (SSSR count). The number of nitrogens with one attached hydrogen (secondary N) is 2. The van der Waals surface area contributed by atoms with Crippen molar-refractivity contribution in [2.75, 3.05) is 23.8 Å². The van der Waals surface area contributed by atoms with Crippen LogP contribution in [-0.4, -0.2) is 71.0 Å². The Morgan fingerprint density at radius 2 is 1.41 bits per heavy atom. The molecule has 18 nitrogen and oxygen atoms in total. The number of hydrogen-bond acceptors (Lipinski definition) is 12. The number of hydrogen-bond donors (Lipinski definition) is 5. The molecule has 49 heavy (non-hydrogen) atoms. The minimum absolute atomic E-state index is 0.0121. The van der Waals surface area contributed by atoms with Crippen molar-refractivity contribution in [1.29, 1.82) is 0 Å². The summed E-state index contributed by atoms with van der Waals surface area (Å²) in [7, 11) is 0. The number of allylic oxidation sites excluding steroid dienone is 2. The van der Waals surface area contributed by atoms with Gasteiger partial charge in [-0.3, -0.25) is 29.8 Å². The summed E-state index contributed by atoms with van der Waals surface area (Å²) in [6.07, 6.45) is 8.49. The van der Waals surface area contributed by atoms with Crippen LogP contribution in [0.4, 0.5) is 11.9 Å². The van der Waals surface area contributed by atoms with E-state index in [0.717, 1.165) is 12.8 Å². The second-order valence-corrected chi connectivity index (χ2v) is 10.4. The summed E-state index contributed by atoms with van der Waals surface area (Å²) >= 11 is 0. The van der Waals surface area contributed by atoms with Crippen LogP contribution in [0.3, 0.4) is 0 Å². The summed E-state index contributed by atoms with van der Waals surface area (Å²) in [5, 5.41) is 14.7. The fourth-order valence-electron chi connectivity index (χ4n) is 4.91. The van der Waals surface area contributed by atoms with Crippen LogP contribution in [0.5, 0.6) is 5.75 Å². The van der Waals surface area contributed by atoms with Gasteiger partial charge in [-0.2, -0.15) is 0 Å². The fraction of sp³-hybridized carbons (Fsp3) is 0.161. The first-order valence-electron chi connectivity index (χ1n) is 14.7. The van der Waals surface area contributed by atoms with Gasteiger partial charge in [-0.25, -0.2) is 19.9 Å². The Balaban J connectivity index is 1.35. The Labute approximate surface area is 275 Å². The summed E-state index contributed by atoms with van der Waals surface area (Å²) in [5.41, 5.74) is 13.2. The lowest BCUT2D eigenvalue weighted by atomic mass is 10.1. The number of ether oxygens (including phenoxy) is 1. The molecule has 0 atom stereocenters. The third kappa shape index (κ3) is 6.83. The van der Waals surface area contributed by atoms with E-state index in [2.05, 4.69) is 30.6 Å². The lowest BCUT2D eigenvalue weighted by Crippen LogP contribution is -2.16. The molecule has 18 heteroatoms. The third-order valence-electron chi connectivity index (χ3n) is 7.21. The Morgan fingerprint density at radius 3 is 2.00 bits per heavy atom. The van der Waals surface area contributed by atoms with Crippen molar-refractivity contribution in [3.8, 4) is 5.75 Å². The van der Waals surface area contributed by atoms with Gasteiger partial charge in [-0.15, -0.1) is 0 Å². The number of aliphatic hydroxyl groups excluding tert-OH is 1. The zero-order valence-corrected chi connectivity index (χ0v) is 25.5. The summed E-state index contributed by atoms with van der Waals surface area (Å²) in [5.74, 6) is -1.97. The maximum absolute atomic E-state index is 12.9. The molecule has 7 N–H and O–H groups in total. The van der Waals surface area contributed by atoms with E-state index < -0.39 is 23.6 Å². The molecule has 2 aromatic carbocycles. The van der Waals surface area contributed by atoms with E-state index in [4.69, 9.17) is 25.0 Å². The third-order valence-corrected chi connectivity index (χ3v) is 7.21. The molecule has 0 aliphatic rings. The molecule has 4 heterocycles. The van der Waals surface area contributed by atoms with Crippen molar-refractivity contribution < 1.29 is 37.9 Å². The van der Waals surface area contributed by atoms with Crippen LogP contribution >= 0.6 is 0 Å². The van der Waals surface area contributed by atoms with Gasteiger partial charge in [0.1, 0.15) is 23.8 Å². The molecule has 0 fully saturated rings. The number of aromatic nitrogens is 6. The number of nitrogens with two attached hydrogens (primary N) is 2. The minimum atomic E-state index is -0.710. The van der Waals surface area contributed by atoms with Gasteiger partial charge >= 0.3 is 0 Å². The molecule has 0 aliphatic heterocycles. The number of rotatable bonds is 14. The van der Waals surface area contributed by atoms with E-state index in [0.29, 0.717) is 28.5 Å². The van der Waals surface area contributed by atoms with Crippen molar-refractivity contribution in [3.05, 3.63) is 90.3 Å². The number of anilines is 2. The van der Waals surface area contributed by atoms with E-state index in [1.165, 1.54) is 30.7 Å². The highest BCUT2D eigenvalue weighted by atomic mass is 16.5. The highest BCUT2D eigenvalue weighted by Crippen LogP contribution is 2.31. The Kier molecular flexibility index (Phi) is 9.11. The van der Waals surface area contributed by atoms with Gasteiger partial charge in [-0.1, -0.05) is 12.2 Å². The Morgan fingerprint density at radius 1 is 0.816 bits per heavy atom. The molecule has 0 aliphatic carbocycles. The zero-order chi connectivity index (χ0) is 34.5. The summed E-state index contributed by atoms with van der Waals surface area (Å²) in [4.78, 5) is 66.4. The molecule has 4 aromatic heterocycles. The van der Waals surface area contributed by atoms with Gasteiger partial charge in [0.15, 0.2) is 24.2 Å². The summed E-state index contributed by atoms with van der Waals surface area (Å²) in [6.45, 7) is 0.340. The molecule has 0 bridgehead atoms. The molecular formula is C31H28N10O8. The van der Waals surface area contributed by atoms with Crippen molar-refractivity contribution in [2.45, 2.75) is 19.5 Å². The highest BCUT2D eigenvalue weighted by Gasteiger charge is 2.21. The molecule has 0 saturated carbocycles. The number of fused-ring (bicyclic) bond motifs is 2. The molecule has 0 radical (unpaired) electrons. The van der Waals surface area contributed by atoms with Gasteiger partial charge in [-0.05, 0) is 30.3 Å². The molecule has 0 unspecified atom stereocenters. The SMILES string of the molecule is NC(=O)c1ccc2c(c1)nc(NC(=O)c1cocn1)n2C/C=C/Cn1c(NC(=O)c2cocn2)nc2cc(C(N)=O)cc(OCCCO)c21. The van der Waals surface area contributed by atoms with Gasteiger partial charge in [0.2, 0.25) is 23.7 Å². The van der Waals surface area contributed by atoms with E-state index >= 15 is 0 Å². The number of carbonyl (C=O) groups excluding carboxylic acids is 4. The van der Waals surface area contributed by atoms with Crippen molar-refractivity contribution in [3.63, 3.8) is 0 Å². The predicted octanol–water partition coefficient (Wildman–Crippen LogP) is 2.08. The first-order chi connectivity index (χ1) is 23.7. The molecule has 250 valence electrons. The van der Waals surface area contributed by atoms with Crippen LogP contribution in [0, 0.1) is 0 Å². The smallest absolute Gasteiger partial charge is 0.279 e. The molecule has 4 amide bonds. The van der Waals surface area contributed by atoms with Gasteiger partial charge in [0.25, 0.3) is 11.8 Å². The van der Waals surface area contributed by atoms with Crippen molar-refractivity contribution in [2.24, 2.45) is 11.5 Å². The quantitative estimate of drug-likeness (QED) is 0.0825. The Bertz CT molecular complexity index is 2200. The molecule has 0 saturated heterocycles. The van der Waals surface area contributed by atoms with Crippen LogP contribution in [0.25, 0.3) is 22.1 Å². The average molecular weight is 669 g/mol. The number of carbonyl (C=O) groups is 4. The lowest BCUT2D eigenvalue weighted by molar-refractivity contribution is 0.0992. The number of oxazole rings is 2. The summed E-state index contributed by atoms with van der Waals surface area (Å²) in [6, 6.07) is 7.67. The van der Waals surface area contributed by atoms with Gasteiger partial charge in [0.05, 0.1) is 23.2 Å². The summed E-state index contributed by atoms with van der Waals surface area (Å²) < 4.78 is 19.1. The molecular weight excluding hydrogens is 640 g/mol. The maximum atomic E-state index is 12.9. The van der Waals surface area contributed by atoms with Crippen LogP contribution in [-0.2, 0) is 13.1 Å². The first-order valence-corrected chi connectivity index (χ1v) is 14.7. The number of benzene rings is 2.